The summed E-state index contributed by atoms with van der Waals surface area (Å²) in [6.45, 7) is 5.05. The van der Waals surface area contributed by atoms with E-state index in [1.807, 2.05) is 41.8 Å². The van der Waals surface area contributed by atoms with Crippen molar-refractivity contribution in [3.63, 3.8) is 0 Å². The van der Waals surface area contributed by atoms with E-state index < -0.39 is 27.9 Å². The van der Waals surface area contributed by atoms with Crippen molar-refractivity contribution < 1.29 is 18.0 Å². The standard InChI is InChI=1S/C22H23ClN4O4S/c1-14-13-20(16(3)27(14)18-7-5-4-6-8-18)22(29)25-24-21(28)15(2)26-32(30,31)19-11-9-17(23)10-12-19/h4-13,15,26H,1-3H3,(H,24,28)(H,25,29). The van der Waals surface area contributed by atoms with E-state index in [0.717, 1.165) is 11.4 Å². The Morgan fingerprint density at radius 2 is 1.59 bits per heavy atom. The van der Waals surface area contributed by atoms with E-state index in [1.165, 1.54) is 31.2 Å². The largest absolute Gasteiger partial charge is 0.318 e. The fraction of sp³-hybridized carbons (Fsp3) is 0.182. The minimum absolute atomic E-state index is 0.0288. The molecule has 10 heteroatoms. The van der Waals surface area contributed by atoms with E-state index in [4.69, 9.17) is 11.6 Å². The van der Waals surface area contributed by atoms with Crippen molar-refractivity contribution in [3.8, 4) is 5.69 Å². The number of amides is 2. The zero-order valence-electron chi connectivity index (χ0n) is 17.7. The SMILES string of the molecule is Cc1cc(C(=O)NNC(=O)C(C)NS(=O)(=O)c2ccc(Cl)cc2)c(C)n1-c1ccccc1. The van der Waals surface area contributed by atoms with Gasteiger partial charge in [-0.05, 0) is 63.2 Å². The third-order valence-electron chi connectivity index (χ3n) is 4.84. The molecule has 168 valence electrons. The summed E-state index contributed by atoms with van der Waals surface area (Å²) in [5, 5.41) is 0.393. The molecule has 1 heterocycles. The molecule has 0 aliphatic rings. The molecular formula is C22H23ClN4O4S. The summed E-state index contributed by atoms with van der Waals surface area (Å²) in [4.78, 5) is 25.0. The quantitative estimate of drug-likeness (QED) is 0.477. The number of nitrogens with one attached hydrogen (secondary N) is 3. The minimum atomic E-state index is -3.94. The summed E-state index contributed by atoms with van der Waals surface area (Å²) in [7, 11) is -3.94. The molecule has 0 saturated carbocycles. The maximum atomic E-state index is 12.6. The van der Waals surface area contributed by atoms with Crippen LogP contribution in [0.25, 0.3) is 5.69 Å². The molecule has 1 aromatic heterocycles. The van der Waals surface area contributed by atoms with Crippen molar-refractivity contribution in [1.82, 2.24) is 20.1 Å². The van der Waals surface area contributed by atoms with Crippen LogP contribution in [-0.2, 0) is 14.8 Å². The maximum Gasteiger partial charge on any atom is 0.271 e. The zero-order chi connectivity index (χ0) is 23.5. The molecule has 0 fully saturated rings. The van der Waals surface area contributed by atoms with Crippen molar-refractivity contribution >= 4 is 33.4 Å². The second-order valence-electron chi connectivity index (χ2n) is 7.20. The van der Waals surface area contributed by atoms with Gasteiger partial charge < -0.3 is 4.57 Å². The molecule has 3 aromatic rings. The number of aryl methyl sites for hydroxylation is 1. The van der Waals surface area contributed by atoms with Gasteiger partial charge in [-0.3, -0.25) is 20.4 Å². The Balaban J connectivity index is 1.65. The van der Waals surface area contributed by atoms with Crippen LogP contribution in [0.3, 0.4) is 0 Å². The lowest BCUT2D eigenvalue weighted by molar-refractivity contribution is -0.123. The third-order valence-corrected chi connectivity index (χ3v) is 6.65. The van der Waals surface area contributed by atoms with Crippen molar-refractivity contribution in [2.75, 3.05) is 0 Å². The summed E-state index contributed by atoms with van der Waals surface area (Å²) in [6.07, 6.45) is 0. The first-order valence-corrected chi connectivity index (χ1v) is 11.6. The first-order chi connectivity index (χ1) is 15.1. The lowest BCUT2D eigenvalue weighted by Crippen LogP contribution is -2.51. The first-order valence-electron chi connectivity index (χ1n) is 9.72. The van der Waals surface area contributed by atoms with Gasteiger partial charge in [0, 0.05) is 22.1 Å². The molecule has 0 spiro atoms. The number of carbonyl (C=O) groups is 2. The second kappa shape index (κ2) is 9.56. The van der Waals surface area contributed by atoms with Crippen LogP contribution in [0.1, 0.15) is 28.7 Å². The average molecular weight is 475 g/mol. The van der Waals surface area contributed by atoms with Crippen LogP contribution in [0.2, 0.25) is 5.02 Å². The van der Waals surface area contributed by atoms with Gasteiger partial charge in [-0.15, -0.1) is 0 Å². The summed E-state index contributed by atoms with van der Waals surface area (Å²) in [5.41, 5.74) is 7.47. The highest BCUT2D eigenvalue weighted by molar-refractivity contribution is 7.89. The topological polar surface area (TPSA) is 109 Å². The van der Waals surface area contributed by atoms with E-state index in [1.54, 1.807) is 13.0 Å². The zero-order valence-corrected chi connectivity index (χ0v) is 19.3. The fourth-order valence-corrected chi connectivity index (χ4v) is 4.56. The van der Waals surface area contributed by atoms with E-state index in [-0.39, 0.29) is 4.90 Å². The number of rotatable bonds is 6. The van der Waals surface area contributed by atoms with Crippen LogP contribution in [0.15, 0.2) is 65.6 Å². The number of aromatic nitrogens is 1. The summed E-state index contributed by atoms with van der Waals surface area (Å²) in [5.74, 6) is -1.23. The number of sulfonamides is 1. The van der Waals surface area contributed by atoms with Gasteiger partial charge in [0.25, 0.3) is 11.8 Å². The van der Waals surface area contributed by atoms with E-state index in [9.17, 15) is 18.0 Å². The Kier molecular flexibility index (Phi) is 7.02. The predicted octanol–water partition coefficient (Wildman–Crippen LogP) is 2.88. The van der Waals surface area contributed by atoms with Crippen molar-refractivity contribution in [2.45, 2.75) is 31.7 Å². The molecule has 0 radical (unpaired) electrons. The van der Waals surface area contributed by atoms with Crippen molar-refractivity contribution in [1.29, 1.82) is 0 Å². The Morgan fingerprint density at radius 1 is 0.969 bits per heavy atom. The van der Waals surface area contributed by atoms with Crippen LogP contribution in [0.5, 0.6) is 0 Å². The summed E-state index contributed by atoms with van der Waals surface area (Å²) < 4.78 is 29.0. The Labute approximate surface area is 191 Å². The number of hydrogen-bond donors (Lipinski definition) is 3. The van der Waals surface area contributed by atoms with Crippen LogP contribution in [0.4, 0.5) is 0 Å². The Hall–Kier alpha value is -3.14. The van der Waals surface area contributed by atoms with E-state index in [0.29, 0.717) is 16.3 Å². The molecule has 2 amide bonds. The van der Waals surface area contributed by atoms with Crippen molar-refractivity contribution in [3.05, 3.63) is 82.6 Å². The molecule has 2 aromatic carbocycles. The van der Waals surface area contributed by atoms with Gasteiger partial charge in [-0.2, -0.15) is 4.72 Å². The molecule has 0 bridgehead atoms. The van der Waals surface area contributed by atoms with Crippen LogP contribution < -0.4 is 15.6 Å². The van der Waals surface area contributed by atoms with E-state index >= 15 is 0 Å². The number of para-hydroxylation sites is 1. The lowest BCUT2D eigenvalue weighted by atomic mass is 10.2. The number of nitrogens with zero attached hydrogens (tertiary/aromatic N) is 1. The monoisotopic (exact) mass is 474 g/mol. The number of carbonyl (C=O) groups excluding carboxylic acids is 2. The fourth-order valence-electron chi connectivity index (χ4n) is 3.23. The third kappa shape index (κ3) is 5.18. The molecule has 3 rings (SSSR count). The van der Waals surface area contributed by atoms with Gasteiger partial charge in [0.1, 0.15) is 0 Å². The Bertz CT molecular complexity index is 1240. The maximum absolute atomic E-state index is 12.6. The highest BCUT2D eigenvalue weighted by Crippen LogP contribution is 2.20. The molecule has 3 N–H and O–H groups in total. The van der Waals surface area contributed by atoms with Gasteiger partial charge >= 0.3 is 0 Å². The number of hydrazine groups is 1. The number of halogens is 1. The summed E-state index contributed by atoms with van der Waals surface area (Å²) >= 11 is 5.78. The van der Waals surface area contributed by atoms with Gasteiger partial charge in [0.2, 0.25) is 10.0 Å². The highest BCUT2D eigenvalue weighted by Gasteiger charge is 2.23. The Morgan fingerprint density at radius 3 is 2.22 bits per heavy atom. The molecular weight excluding hydrogens is 452 g/mol. The van der Waals surface area contributed by atoms with Crippen LogP contribution >= 0.6 is 11.6 Å². The first kappa shape index (κ1) is 23.5. The summed E-state index contributed by atoms with van der Waals surface area (Å²) in [6, 6.07) is 15.7. The molecule has 1 unspecified atom stereocenters. The normalized spacial score (nSPS) is 12.2. The minimum Gasteiger partial charge on any atom is -0.318 e. The van der Waals surface area contributed by atoms with E-state index in [2.05, 4.69) is 15.6 Å². The molecule has 32 heavy (non-hydrogen) atoms. The van der Waals surface area contributed by atoms with Gasteiger partial charge in [0.15, 0.2) is 0 Å². The second-order valence-corrected chi connectivity index (χ2v) is 9.35. The smallest absolute Gasteiger partial charge is 0.271 e. The highest BCUT2D eigenvalue weighted by atomic mass is 35.5. The van der Waals surface area contributed by atoms with Crippen LogP contribution in [-0.4, -0.2) is 30.8 Å². The molecule has 1 atom stereocenters. The van der Waals surface area contributed by atoms with Gasteiger partial charge in [-0.1, -0.05) is 29.8 Å². The lowest BCUT2D eigenvalue weighted by Gasteiger charge is -2.15. The van der Waals surface area contributed by atoms with Crippen molar-refractivity contribution in [2.24, 2.45) is 0 Å². The average Bonchev–Trinajstić information content (AvgIpc) is 3.06. The predicted molar refractivity (Wildman–Crippen MR) is 122 cm³/mol. The molecule has 0 aliphatic carbocycles. The van der Waals surface area contributed by atoms with Crippen LogP contribution in [0, 0.1) is 13.8 Å². The number of benzene rings is 2. The molecule has 0 saturated heterocycles. The van der Waals surface area contributed by atoms with Gasteiger partial charge in [-0.25, -0.2) is 8.42 Å². The number of hydrogen-bond acceptors (Lipinski definition) is 4. The molecule has 8 nitrogen and oxygen atoms in total. The van der Waals surface area contributed by atoms with Gasteiger partial charge in [0.05, 0.1) is 16.5 Å². The molecule has 0 aliphatic heterocycles.